The Morgan fingerprint density at radius 3 is 2.82 bits per heavy atom. The predicted molar refractivity (Wildman–Crippen MR) is 71.3 cm³/mol. The normalized spacial score (nSPS) is 11.1. The van der Waals surface area contributed by atoms with E-state index < -0.39 is 0 Å². The number of aryl methyl sites for hydroxylation is 1. The van der Waals surface area contributed by atoms with E-state index in [4.69, 9.17) is 11.6 Å². The molecule has 1 heterocycles. The maximum Gasteiger partial charge on any atom is 0.138 e. The van der Waals surface area contributed by atoms with E-state index >= 15 is 0 Å². The lowest BCUT2D eigenvalue weighted by molar-refractivity contribution is 0.315. The average Bonchev–Trinajstić information content (AvgIpc) is 2.64. The molecule has 0 spiro atoms. The molecule has 0 saturated carbocycles. The van der Waals surface area contributed by atoms with E-state index in [-0.39, 0.29) is 0 Å². The van der Waals surface area contributed by atoms with Gasteiger partial charge in [-0.3, -0.25) is 4.90 Å². The minimum absolute atomic E-state index is 0.682. The highest BCUT2D eigenvalue weighted by molar-refractivity contribution is 7.10. The summed E-state index contributed by atoms with van der Waals surface area (Å²) in [6.07, 6.45) is 0. The fraction of sp³-hybridized carbons (Fsp3) is 0.333. The molecule has 3 nitrogen and oxygen atoms in total. The minimum Gasteiger partial charge on any atom is -0.296 e. The Hall–Kier alpha value is -0.970. The third-order valence-corrected chi connectivity index (χ3v) is 3.45. The van der Waals surface area contributed by atoms with Gasteiger partial charge in [0.2, 0.25) is 0 Å². The van der Waals surface area contributed by atoms with Crippen molar-refractivity contribution in [3.63, 3.8) is 0 Å². The summed E-state index contributed by atoms with van der Waals surface area (Å²) in [5.74, 6) is 0. The number of rotatable bonds is 4. The van der Waals surface area contributed by atoms with Crippen molar-refractivity contribution in [1.82, 2.24) is 14.5 Å². The Kier molecular flexibility index (Phi) is 4.10. The summed E-state index contributed by atoms with van der Waals surface area (Å²) >= 11 is 7.21. The summed E-state index contributed by atoms with van der Waals surface area (Å²) in [7, 11) is 2.05. The molecule has 2 aromatic rings. The first-order chi connectivity index (χ1) is 8.15. The van der Waals surface area contributed by atoms with Crippen LogP contribution in [-0.4, -0.2) is 21.5 Å². The fourth-order valence-corrected chi connectivity index (χ4v) is 2.34. The van der Waals surface area contributed by atoms with Crippen molar-refractivity contribution in [2.75, 3.05) is 7.05 Å². The molecular formula is C12H14ClN3S. The summed E-state index contributed by atoms with van der Waals surface area (Å²) in [6.45, 7) is 3.71. The van der Waals surface area contributed by atoms with Gasteiger partial charge in [0.25, 0.3) is 0 Å². The maximum atomic E-state index is 5.98. The third-order valence-electron chi connectivity index (χ3n) is 2.46. The Labute approximate surface area is 110 Å². The molecule has 0 aliphatic rings. The number of halogens is 1. The van der Waals surface area contributed by atoms with Crippen LogP contribution in [0, 0.1) is 6.92 Å². The van der Waals surface area contributed by atoms with Gasteiger partial charge >= 0.3 is 0 Å². The van der Waals surface area contributed by atoms with E-state index in [1.807, 2.05) is 0 Å². The molecule has 1 aromatic carbocycles. The minimum atomic E-state index is 0.682. The lowest BCUT2D eigenvalue weighted by Gasteiger charge is -2.15. The van der Waals surface area contributed by atoms with Gasteiger partial charge in [0.15, 0.2) is 0 Å². The summed E-state index contributed by atoms with van der Waals surface area (Å²) in [5.41, 5.74) is 3.43. The lowest BCUT2D eigenvalue weighted by atomic mass is 10.1. The molecule has 0 fully saturated rings. The van der Waals surface area contributed by atoms with E-state index in [9.17, 15) is 0 Å². The van der Waals surface area contributed by atoms with Crippen molar-refractivity contribution < 1.29 is 0 Å². The van der Waals surface area contributed by atoms with Crippen molar-refractivity contribution in [2.24, 2.45) is 0 Å². The molecule has 90 valence electrons. The molecule has 0 amide bonds. The van der Waals surface area contributed by atoms with E-state index in [1.54, 1.807) is 0 Å². The van der Waals surface area contributed by atoms with Crippen LogP contribution < -0.4 is 0 Å². The van der Waals surface area contributed by atoms with E-state index in [0.717, 1.165) is 18.8 Å². The molecule has 5 heteroatoms. The molecule has 0 aliphatic carbocycles. The Bertz CT molecular complexity index is 498. The number of hydrogen-bond donors (Lipinski definition) is 0. The molecule has 0 N–H and O–H groups in total. The molecule has 0 aliphatic heterocycles. The highest BCUT2D eigenvalue weighted by Gasteiger charge is 2.08. The predicted octanol–water partition coefficient (Wildman–Crippen LogP) is 3.13. The monoisotopic (exact) mass is 267 g/mol. The second-order valence-corrected chi connectivity index (χ2v) is 5.51. The second kappa shape index (κ2) is 5.58. The van der Waals surface area contributed by atoms with E-state index in [1.165, 1.54) is 22.7 Å². The van der Waals surface area contributed by atoms with E-state index in [0.29, 0.717) is 4.34 Å². The van der Waals surface area contributed by atoms with Crippen molar-refractivity contribution in [1.29, 1.82) is 0 Å². The Morgan fingerprint density at radius 1 is 1.35 bits per heavy atom. The van der Waals surface area contributed by atoms with Gasteiger partial charge in [-0.15, -0.1) is 5.10 Å². The molecule has 0 radical (unpaired) electrons. The van der Waals surface area contributed by atoms with Crippen LogP contribution in [0.4, 0.5) is 0 Å². The molecule has 17 heavy (non-hydrogen) atoms. The fourth-order valence-electron chi connectivity index (χ4n) is 1.73. The summed E-state index contributed by atoms with van der Waals surface area (Å²) in [4.78, 5) is 2.18. The van der Waals surface area contributed by atoms with Crippen molar-refractivity contribution in [2.45, 2.75) is 20.0 Å². The highest BCUT2D eigenvalue weighted by Crippen LogP contribution is 2.19. The number of benzene rings is 1. The first-order valence-corrected chi connectivity index (χ1v) is 6.51. The third kappa shape index (κ3) is 3.49. The Balaban J connectivity index is 1.98. The van der Waals surface area contributed by atoms with Gasteiger partial charge in [-0.1, -0.05) is 45.9 Å². The van der Waals surface area contributed by atoms with Gasteiger partial charge < -0.3 is 0 Å². The molecule has 0 unspecified atom stereocenters. The van der Waals surface area contributed by atoms with Gasteiger partial charge in [-0.05, 0) is 19.5 Å². The quantitative estimate of drug-likeness (QED) is 0.852. The molecule has 2 rings (SSSR count). The van der Waals surface area contributed by atoms with Gasteiger partial charge in [0.05, 0.1) is 0 Å². The lowest BCUT2D eigenvalue weighted by Crippen LogP contribution is -2.17. The molecule has 0 atom stereocenters. The van der Waals surface area contributed by atoms with Crippen LogP contribution in [0.3, 0.4) is 0 Å². The smallest absolute Gasteiger partial charge is 0.138 e. The molecule has 0 bridgehead atoms. The van der Waals surface area contributed by atoms with Gasteiger partial charge in [0.1, 0.15) is 10.0 Å². The average molecular weight is 268 g/mol. The van der Waals surface area contributed by atoms with Crippen LogP contribution in [0.1, 0.15) is 16.8 Å². The highest BCUT2D eigenvalue weighted by atomic mass is 35.5. The zero-order valence-electron chi connectivity index (χ0n) is 9.85. The van der Waals surface area contributed by atoms with Gasteiger partial charge in [0, 0.05) is 24.6 Å². The first-order valence-electron chi connectivity index (χ1n) is 5.36. The topological polar surface area (TPSA) is 29.0 Å². The van der Waals surface area contributed by atoms with Crippen LogP contribution in [-0.2, 0) is 13.1 Å². The number of hydrogen-bond acceptors (Lipinski definition) is 4. The van der Waals surface area contributed by atoms with Crippen LogP contribution >= 0.6 is 23.1 Å². The van der Waals surface area contributed by atoms with Crippen LogP contribution in [0.15, 0.2) is 24.3 Å². The van der Waals surface area contributed by atoms with Crippen molar-refractivity contribution in [3.05, 3.63) is 45.4 Å². The van der Waals surface area contributed by atoms with Crippen molar-refractivity contribution in [3.8, 4) is 0 Å². The summed E-state index contributed by atoms with van der Waals surface area (Å²) in [6, 6.07) is 8.50. The first kappa shape index (κ1) is 12.5. The van der Waals surface area contributed by atoms with Crippen LogP contribution in [0.2, 0.25) is 4.34 Å². The zero-order chi connectivity index (χ0) is 12.3. The SMILES string of the molecule is Cc1cccc(CN(C)Cc2nnsc2Cl)c1. The largest absolute Gasteiger partial charge is 0.296 e. The maximum absolute atomic E-state index is 5.98. The number of nitrogens with zero attached hydrogens (tertiary/aromatic N) is 3. The summed E-state index contributed by atoms with van der Waals surface area (Å²) in [5, 5.41) is 4.01. The van der Waals surface area contributed by atoms with Gasteiger partial charge in [-0.2, -0.15) is 0 Å². The van der Waals surface area contributed by atoms with Gasteiger partial charge in [-0.25, -0.2) is 0 Å². The zero-order valence-corrected chi connectivity index (χ0v) is 11.4. The molecule has 0 saturated heterocycles. The number of aromatic nitrogens is 2. The van der Waals surface area contributed by atoms with Crippen LogP contribution in [0.25, 0.3) is 0 Å². The Morgan fingerprint density at radius 2 is 2.18 bits per heavy atom. The molecule has 1 aromatic heterocycles. The van der Waals surface area contributed by atoms with E-state index in [2.05, 4.69) is 52.7 Å². The standard InChI is InChI=1S/C12H14ClN3S/c1-9-4-3-5-10(6-9)7-16(2)8-11-12(13)17-15-14-11/h3-6H,7-8H2,1-2H3. The summed E-state index contributed by atoms with van der Waals surface area (Å²) < 4.78 is 4.51. The van der Waals surface area contributed by atoms with Crippen LogP contribution in [0.5, 0.6) is 0 Å². The second-order valence-electron chi connectivity index (χ2n) is 4.15. The molecular weight excluding hydrogens is 254 g/mol. The van der Waals surface area contributed by atoms with Crippen molar-refractivity contribution >= 4 is 23.1 Å².